The molecule has 3 aliphatic heterocycles. The maximum absolute atomic E-state index is 4.60. The summed E-state index contributed by atoms with van der Waals surface area (Å²) in [5.41, 5.74) is 1.42. The van der Waals surface area contributed by atoms with Crippen molar-refractivity contribution in [3.8, 4) is 0 Å². The first kappa shape index (κ1) is 9.71. The van der Waals surface area contributed by atoms with Crippen molar-refractivity contribution < 1.29 is 0 Å². The average molecular weight is 228 g/mol. The predicted molar refractivity (Wildman–Crippen MR) is 65.4 cm³/mol. The van der Waals surface area contributed by atoms with E-state index in [0.717, 1.165) is 5.82 Å². The van der Waals surface area contributed by atoms with Crippen LogP contribution in [0, 0.1) is 0 Å². The molecule has 0 radical (unpaired) electrons. The van der Waals surface area contributed by atoms with E-state index >= 15 is 0 Å². The second kappa shape index (κ2) is 3.13. The molecule has 0 aromatic carbocycles. The Hall–Kier alpha value is -1.29. The van der Waals surface area contributed by atoms with Gasteiger partial charge in [0.2, 0.25) is 0 Å². The number of aliphatic imine (C=N–C) groups is 1. The van der Waals surface area contributed by atoms with Gasteiger partial charge < -0.3 is 0 Å². The molecule has 1 N–H and O–H groups in total. The summed E-state index contributed by atoms with van der Waals surface area (Å²) >= 11 is 0. The highest BCUT2D eigenvalue weighted by Gasteiger charge is 2.51. The van der Waals surface area contributed by atoms with Crippen molar-refractivity contribution in [2.75, 3.05) is 0 Å². The number of aromatic nitrogens is 2. The zero-order valence-corrected chi connectivity index (χ0v) is 9.82. The van der Waals surface area contributed by atoms with Gasteiger partial charge in [0.1, 0.15) is 6.33 Å². The van der Waals surface area contributed by atoms with E-state index in [1.807, 2.05) is 6.20 Å². The van der Waals surface area contributed by atoms with Crippen LogP contribution in [-0.2, 0) is 5.54 Å². The second-order valence-corrected chi connectivity index (χ2v) is 5.59. The number of fused-ring (bicyclic) bond motifs is 1. The van der Waals surface area contributed by atoms with Crippen LogP contribution in [0.4, 0.5) is 5.82 Å². The van der Waals surface area contributed by atoms with E-state index in [1.165, 1.54) is 44.1 Å². The first-order valence-electron chi connectivity index (χ1n) is 6.47. The molecule has 4 heterocycles. The number of nitrogens with one attached hydrogen (secondary N) is 1. The van der Waals surface area contributed by atoms with Gasteiger partial charge in [-0.2, -0.15) is 0 Å². The van der Waals surface area contributed by atoms with Gasteiger partial charge in [-0.3, -0.25) is 5.32 Å². The van der Waals surface area contributed by atoms with Crippen LogP contribution in [0.15, 0.2) is 17.5 Å². The molecule has 2 atom stereocenters. The SMILES string of the molecule is C1=Nc2ncncc2C23CCCCC1(CC2)N3. The normalized spacial score (nSPS) is 38.4. The van der Waals surface area contributed by atoms with E-state index < -0.39 is 0 Å². The summed E-state index contributed by atoms with van der Waals surface area (Å²) < 4.78 is 0. The third-order valence-electron chi connectivity index (χ3n) is 4.60. The Morgan fingerprint density at radius 1 is 1.12 bits per heavy atom. The predicted octanol–water partition coefficient (Wildman–Crippen LogP) is 2.08. The molecule has 4 heteroatoms. The summed E-state index contributed by atoms with van der Waals surface area (Å²) in [6.07, 6.45) is 13.0. The third kappa shape index (κ3) is 1.24. The van der Waals surface area contributed by atoms with Gasteiger partial charge in [-0.05, 0) is 25.7 Å². The van der Waals surface area contributed by atoms with Crippen LogP contribution < -0.4 is 5.32 Å². The lowest BCUT2D eigenvalue weighted by Gasteiger charge is -2.30. The zero-order chi connectivity index (χ0) is 11.3. The lowest BCUT2D eigenvalue weighted by molar-refractivity contribution is 0.345. The summed E-state index contributed by atoms with van der Waals surface area (Å²) in [6.45, 7) is 0. The first-order valence-corrected chi connectivity index (χ1v) is 6.47. The maximum Gasteiger partial charge on any atom is 0.159 e. The molecule has 0 spiro atoms. The Morgan fingerprint density at radius 3 is 3.06 bits per heavy atom. The van der Waals surface area contributed by atoms with Crippen LogP contribution >= 0.6 is 0 Å². The van der Waals surface area contributed by atoms with Crippen LogP contribution in [0.1, 0.15) is 44.1 Å². The molecule has 3 aliphatic rings. The molecule has 0 saturated carbocycles. The minimum atomic E-state index is 0.0869. The van der Waals surface area contributed by atoms with Crippen LogP contribution in [0.2, 0.25) is 0 Å². The largest absolute Gasteiger partial charge is 0.297 e. The fourth-order valence-corrected chi connectivity index (χ4v) is 3.73. The molecule has 1 aromatic rings. The molecule has 17 heavy (non-hydrogen) atoms. The number of hydrogen-bond acceptors (Lipinski definition) is 4. The standard InChI is InChI=1S/C13H16N4/c1-2-4-13-6-5-12(3-1,17-13)8-15-11-10(13)7-14-9-16-11/h7-9,17H,1-6H2. The van der Waals surface area contributed by atoms with Crippen molar-refractivity contribution in [1.82, 2.24) is 15.3 Å². The van der Waals surface area contributed by atoms with Gasteiger partial charge in [0.15, 0.2) is 5.82 Å². The number of rotatable bonds is 0. The molecule has 88 valence electrons. The van der Waals surface area contributed by atoms with Crippen molar-refractivity contribution in [1.29, 1.82) is 0 Å². The Morgan fingerprint density at radius 2 is 2.06 bits per heavy atom. The molecule has 1 aromatic heterocycles. The van der Waals surface area contributed by atoms with E-state index in [-0.39, 0.29) is 11.1 Å². The van der Waals surface area contributed by atoms with Crippen molar-refractivity contribution in [3.63, 3.8) is 0 Å². The van der Waals surface area contributed by atoms with Crippen molar-refractivity contribution in [2.24, 2.45) is 4.99 Å². The first-order chi connectivity index (χ1) is 8.32. The maximum atomic E-state index is 4.60. The van der Waals surface area contributed by atoms with Crippen molar-refractivity contribution in [3.05, 3.63) is 18.1 Å². The topological polar surface area (TPSA) is 50.2 Å². The molecular formula is C13H16N4. The van der Waals surface area contributed by atoms with Crippen LogP contribution in [0.3, 0.4) is 0 Å². The zero-order valence-electron chi connectivity index (χ0n) is 9.82. The van der Waals surface area contributed by atoms with E-state index in [0.29, 0.717) is 0 Å². The van der Waals surface area contributed by atoms with E-state index in [1.54, 1.807) is 6.33 Å². The number of hydrogen-bond donors (Lipinski definition) is 1. The molecule has 4 rings (SSSR count). The van der Waals surface area contributed by atoms with E-state index in [9.17, 15) is 0 Å². The molecule has 4 nitrogen and oxygen atoms in total. The smallest absolute Gasteiger partial charge is 0.159 e. The van der Waals surface area contributed by atoms with Gasteiger partial charge >= 0.3 is 0 Å². The Bertz CT molecular complexity index is 498. The molecule has 2 bridgehead atoms. The lowest BCUT2D eigenvalue weighted by Crippen LogP contribution is -2.47. The average Bonchev–Trinajstić information content (AvgIpc) is 2.54. The van der Waals surface area contributed by atoms with Gasteiger partial charge in [-0.25, -0.2) is 15.0 Å². The Balaban J connectivity index is 1.96. The summed E-state index contributed by atoms with van der Waals surface area (Å²) in [6, 6.07) is 0. The van der Waals surface area contributed by atoms with Gasteiger partial charge in [-0.1, -0.05) is 12.8 Å². The fraction of sp³-hybridized carbons (Fsp3) is 0.615. The molecular weight excluding hydrogens is 212 g/mol. The summed E-state index contributed by atoms with van der Waals surface area (Å²) in [5, 5.41) is 3.87. The van der Waals surface area contributed by atoms with Gasteiger partial charge in [-0.15, -0.1) is 0 Å². The lowest BCUT2D eigenvalue weighted by atomic mass is 9.81. The van der Waals surface area contributed by atoms with Crippen LogP contribution in [0.5, 0.6) is 0 Å². The monoisotopic (exact) mass is 228 g/mol. The second-order valence-electron chi connectivity index (χ2n) is 5.59. The highest BCUT2D eigenvalue weighted by Crippen LogP contribution is 2.49. The molecule has 0 aliphatic carbocycles. The Labute approximate surface area is 101 Å². The van der Waals surface area contributed by atoms with E-state index in [2.05, 4.69) is 26.5 Å². The number of nitrogens with zero attached hydrogens (tertiary/aromatic N) is 3. The molecule has 2 fully saturated rings. The van der Waals surface area contributed by atoms with Gasteiger partial charge in [0, 0.05) is 23.5 Å². The molecule has 2 saturated heterocycles. The van der Waals surface area contributed by atoms with E-state index in [4.69, 9.17) is 0 Å². The quantitative estimate of drug-likeness (QED) is 0.739. The minimum Gasteiger partial charge on any atom is -0.297 e. The fourth-order valence-electron chi connectivity index (χ4n) is 3.73. The minimum absolute atomic E-state index is 0.0869. The Kier molecular flexibility index (Phi) is 1.79. The summed E-state index contributed by atoms with van der Waals surface area (Å²) in [5.74, 6) is 0.871. The van der Waals surface area contributed by atoms with Crippen LogP contribution in [0.25, 0.3) is 0 Å². The van der Waals surface area contributed by atoms with Crippen LogP contribution in [-0.4, -0.2) is 21.7 Å². The van der Waals surface area contributed by atoms with Gasteiger partial charge in [0.25, 0.3) is 0 Å². The highest BCUT2D eigenvalue weighted by atomic mass is 15.1. The summed E-state index contributed by atoms with van der Waals surface area (Å²) in [7, 11) is 0. The van der Waals surface area contributed by atoms with Crippen molar-refractivity contribution in [2.45, 2.75) is 49.6 Å². The highest BCUT2D eigenvalue weighted by molar-refractivity contribution is 5.76. The van der Waals surface area contributed by atoms with Gasteiger partial charge in [0.05, 0.1) is 5.54 Å². The molecule has 0 amide bonds. The third-order valence-corrected chi connectivity index (χ3v) is 4.60. The summed E-state index contributed by atoms with van der Waals surface area (Å²) in [4.78, 5) is 13.1. The molecule has 2 unspecified atom stereocenters. The van der Waals surface area contributed by atoms with Crippen molar-refractivity contribution >= 4 is 12.0 Å².